The van der Waals surface area contributed by atoms with Gasteiger partial charge in [0, 0.05) is 12.0 Å². The first-order valence-electron chi connectivity index (χ1n) is 8.28. The van der Waals surface area contributed by atoms with Crippen molar-refractivity contribution < 1.29 is 13.9 Å². The Morgan fingerprint density at radius 2 is 1.85 bits per heavy atom. The lowest BCUT2D eigenvalue weighted by molar-refractivity contribution is -0.145. The number of aryl methyl sites for hydroxylation is 1. The maximum absolute atomic E-state index is 12.0. The second-order valence-corrected chi connectivity index (χ2v) is 6.86. The maximum Gasteiger partial charge on any atom is 0.306 e. The summed E-state index contributed by atoms with van der Waals surface area (Å²) in [4.78, 5) is 20.8. The van der Waals surface area contributed by atoms with Gasteiger partial charge in [-0.25, -0.2) is 9.97 Å². The molecule has 26 heavy (non-hydrogen) atoms. The molecule has 0 bridgehead atoms. The predicted octanol–water partition coefficient (Wildman–Crippen LogP) is 4.63. The van der Waals surface area contributed by atoms with E-state index in [2.05, 4.69) is 9.97 Å². The lowest BCUT2D eigenvalue weighted by Gasteiger charge is -2.01. The van der Waals surface area contributed by atoms with Crippen LogP contribution in [-0.2, 0) is 22.6 Å². The molecular weight excluding hydrogens is 348 g/mol. The van der Waals surface area contributed by atoms with E-state index in [4.69, 9.17) is 9.15 Å². The number of ether oxygens (including phenoxy) is 1. The fourth-order valence-corrected chi connectivity index (χ4v) is 3.52. The molecule has 130 valence electrons. The molecule has 4 aromatic rings. The smallest absolute Gasteiger partial charge is 0.306 e. The van der Waals surface area contributed by atoms with Crippen molar-refractivity contribution in [2.24, 2.45) is 0 Å². The molecule has 0 saturated carbocycles. The minimum Gasteiger partial charge on any atom is -0.459 e. The number of thiazole rings is 1. The lowest BCUT2D eigenvalue weighted by Crippen LogP contribution is -2.06. The molecule has 5 nitrogen and oxygen atoms in total. The van der Waals surface area contributed by atoms with E-state index in [1.54, 1.807) is 11.3 Å². The molecule has 0 N–H and O–H groups in total. The van der Waals surface area contributed by atoms with E-state index in [-0.39, 0.29) is 12.6 Å². The van der Waals surface area contributed by atoms with Crippen molar-refractivity contribution in [3.63, 3.8) is 0 Å². The van der Waals surface area contributed by atoms with E-state index in [0.717, 1.165) is 20.8 Å². The second kappa shape index (κ2) is 7.49. The zero-order chi connectivity index (χ0) is 17.8. The summed E-state index contributed by atoms with van der Waals surface area (Å²) in [6.45, 7) is 0.106. The second-order valence-electron chi connectivity index (χ2n) is 5.75. The fraction of sp³-hybridized carbons (Fsp3) is 0.150. The van der Waals surface area contributed by atoms with Gasteiger partial charge in [0.1, 0.15) is 18.6 Å². The summed E-state index contributed by atoms with van der Waals surface area (Å²) in [5.41, 5.74) is 2.45. The predicted molar refractivity (Wildman–Crippen MR) is 99.7 cm³/mol. The highest BCUT2D eigenvalue weighted by atomic mass is 32.1. The Labute approximate surface area is 154 Å². The summed E-state index contributed by atoms with van der Waals surface area (Å²) in [5, 5.41) is 0.941. The number of benzene rings is 2. The Balaban J connectivity index is 1.29. The van der Waals surface area contributed by atoms with Crippen molar-refractivity contribution in [1.29, 1.82) is 0 Å². The van der Waals surface area contributed by atoms with Crippen molar-refractivity contribution in [2.75, 3.05) is 0 Å². The van der Waals surface area contributed by atoms with Crippen LogP contribution >= 0.6 is 11.3 Å². The first kappa shape index (κ1) is 16.5. The Hall–Kier alpha value is -2.99. The van der Waals surface area contributed by atoms with Crippen LogP contribution in [0.15, 0.2) is 65.3 Å². The van der Waals surface area contributed by atoms with Crippen molar-refractivity contribution in [1.82, 2.24) is 9.97 Å². The minimum atomic E-state index is -0.270. The highest BCUT2D eigenvalue weighted by Crippen LogP contribution is 2.22. The topological polar surface area (TPSA) is 65.2 Å². The van der Waals surface area contributed by atoms with Gasteiger partial charge in [-0.05, 0) is 24.3 Å². The number of esters is 1. The Morgan fingerprint density at radius 3 is 2.69 bits per heavy atom. The van der Waals surface area contributed by atoms with Gasteiger partial charge in [-0.3, -0.25) is 4.79 Å². The van der Waals surface area contributed by atoms with E-state index < -0.39 is 0 Å². The zero-order valence-corrected chi connectivity index (χ0v) is 14.7. The molecule has 2 aromatic carbocycles. The fourth-order valence-electron chi connectivity index (χ4n) is 2.55. The van der Waals surface area contributed by atoms with Gasteiger partial charge in [0.25, 0.3) is 0 Å². The van der Waals surface area contributed by atoms with Crippen molar-refractivity contribution in [3.8, 4) is 11.5 Å². The van der Waals surface area contributed by atoms with Gasteiger partial charge >= 0.3 is 5.97 Å². The third kappa shape index (κ3) is 3.81. The van der Waals surface area contributed by atoms with E-state index in [9.17, 15) is 4.79 Å². The maximum atomic E-state index is 12.0. The molecule has 2 heterocycles. The average molecular weight is 364 g/mol. The number of hydrogen-bond donors (Lipinski definition) is 0. The normalized spacial score (nSPS) is 10.9. The van der Waals surface area contributed by atoms with Crippen molar-refractivity contribution in [2.45, 2.75) is 19.4 Å². The molecule has 6 heteroatoms. The summed E-state index contributed by atoms with van der Waals surface area (Å²) < 4.78 is 11.9. The molecular formula is C20H16N2O3S. The molecule has 0 amide bonds. The summed E-state index contributed by atoms with van der Waals surface area (Å²) >= 11 is 1.61. The molecule has 0 aliphatic rings. The Kier molecular flexibility index (Phi) is 4.75. The number of nitrogens with zero attached hydrogens (tertiary/aromatic N) is 2. The van der Waals surface area contributed by atoms with Gasteiger partial charge in [-0.15, -0.1) is 11.3 Å². The monoisotopic (exact) mass is 364 g/mol. The van der Waals surface area contributed by atoms with Crippen LogP contribution in [0.4, 0.5) is 0 Å². The first-order valence-corrected chi connectivity index (χ1v) is 9.09. The molecule has 0 unspecified atom stereocenters. The standard InChI is InChI=1S/C20H16N2O3S/c23-19(11-10-18-22-16-8-4-5-9-17(16)26-18)24-12-15-13-25-20(21-15)14-6-2-1-3-7-14/h1-9,13H,10-12H2. The molecule has 0 saturated heterocycles. The van der Waals surface area contributed by atoms with Gasteiger partial charge in [-0.1, -0.05) is 30.3 Å². The molecule has 4 rings (SSSR count). The lowest BCUT2D eigenvalue weighted by atomic mass is 10.2. The van der Waals surface area contributed by atoms with Crippen LogP contribution < -0.4 is 0 Å². The summed E-state index contributed by atoms with van der Waals surface area (Å²) in [5.74, 6) is 0.250. The van der Waals surface area contributed by atoms with Crippen molar-refractivity contribution >= 4 is 27.5 Å². The van der Waals surface area contributed by atoms with Crippen LogP contribution in [0.1, 0.15) is 17.1 Å². The van der Waals surface area contributed by atoms with Gasteiger partial charge in [0.15, 0.2) is 0 Å². The third-order valence-corrected chi connectivity index (χ3v) is 4.93. The number of aromatic nitrogens is 2. The third-order valence-electron chi connectivity index (χ3n) is 3.83. The van der Waals surface area contributed by atoms with Crippen LogP contribution in [-0.4, -0.2) is 15.9 Å². The number of oxazole rings is 1. The highest BCUT2D eigenvalue weighted by molar-refractivity contribution is 7.18. The van der Waals surface area contributed by atoms with Crippen LogP contribution in [0.5, 0.6) is 0 Å². The molecule has 2 aromatic heterocycles. The number of hydrogen-bond acceptors (Lipinski definition) is 6. The van der Waals surface area contributed by atoms with Crippen molar-refractivity contribution in [3.05, 3.63) is 71.6 Å². The first-order chi connectivity index (χ1) is 12.8. The number of carbonyl (C=O) groups is 1. The summed E-state index contributed by atoms with van der Waals surface area (Å²) in [7, 11) is 0. The summed E-state index contributed by atoms with van der Waals surface area (Å²) in [6.07, 6.45) is 2.39. The van der Waals surface area contributed by atoms with Gasteiger partial charge in [-0.2, -0.15) is 0 Å². The molecule has 0 spiro atoms. The largest absolute Gasteiger partial charge is 0.459 e. The molecule has 0 atom stereocenters. The number of para-hydroxylation sites is 1. The van der Waals surface area contributed by atoms with Gasteiger partial charge < -0.3 is 9.15 Å². The summed E-state index contributed by atoms with van der Waals surface area (Å²) in [6, 6.07) is 17.6. The Morgan fingerprint density at radius 1 is 1.04 bits per heavy atom. The van der Waals surface area contributed by atoms with Gasteiger partial charge in [0.05, 0.1) is 21.6 Å². The zero-order valence-electron chi connectivity index (χ0n) is 13.9. The van der Waals surface area contributed by atoms with E-state index in [0.29, 0.717) is 24.4 Å². The molecule has 0 radical (unpaired) electrons. The number of carbonyl (C=O) groups excluding carboxylic acids is 1. The van der Waals surface area contributed by atoms with Crippen LogP contribution in [0.3, 0.4) is 0 Å². The highest BCUT2D eigenvalue weighted by Gasteiger charge is 2.11. The quantitative estimate of drug-likeness (QED) is 0.467. The number of rotatable bonds is 6. The number of fused-ring (bicyclic) bond motifs is 1. The molecule has 0 aliphatic carbocycles. The SMILES string of the molecule is O=C(CCc1nc2ccccc2s1)OCc1coc(-c2ccccc2)n1. The van der Waals surface area contributed by atoms with Gasteiger partial charge in [0.2, 0.25) is 5.89 Å². The van der Waals surface area contributed by atoms with E-state index in [1.165, 1.54) is 6.26 Å². The average Bonchev–Trinajstić information content (AvgIpc) is 3.32. The van der Waals surface area contributed by atoms with Crippen LogP contribution in [0.25, 0.3) is 21.7 Å². The molecule has 0 aliphatic heterocycles. The Bertz CT molecular complexity index is 991. The van der Waals surface area contributed by atoms with Crippen LogP contribution in [0.2, 0.25) is 0 Å². The minimum absolute atomic E-state index is 0.106. The van der Waals surface area contributed by atoms with Crippen LogP contribution in [0, 0.1) is 0 Å². The van der Waals surface area contributed by atoms with E-state index >= 15 is 0 Å². The van der Waals surface area contributed by atoms with E-state index in [1.807, 2.05) is 54.6 Å². The molecule has 0 fully saturated rings.